The average molecular weight is 414 g/mol. The zero-order valence-corrected chi connectivity index (χ0v) is 17.4. The molecule has 9 heteroatoms. The Morgan fingerprint density at radius 3 is 2.86 bits per heavy atom. The van der Waals surface area contributed by atoms with Crippen molar-refractivity contribution >= 4 is 38.8 Å². The van der Waals surface area contributed by atoms with Crippen molar-refractivity contribution < 1.29 is 4.79 Å². The fourth-order valence-corrected chi connectivity index (χ4v) is 4.95. The van der Waals surface area contributed by atoms with Gasteiger partial charge in [0, 0.05) is 53.1 Å². The molecule has 28 heavy (non-hydrogen) atoms. The summed E-state index contributed by atoms with van der Waals surface area (Å²) in [4.78, 5) is 37.0. The largest absolute Gasteiger partial charge is 0.341 e. The molecule has 0 spiro atoms. The molecular weight excluding hydrogens is 394 g/mol. The van der Waals surface area contributed by atoms with Gasteiger partial charge >= 0.3 is 0 Å². The summed E-state index contributed by atoms with van der Waals surface area (Å²) < 4.78 is 1.70. The van der Waals surface area contributed by atoms with Crippen molar-refractivity contribution in [1.29, 1.82) is 0 Å². The Balaban J connectivity index is 1.56. The van der Waals surface area contributed by atoms with E-state index in [1.807, 2.05) is 37.7 Å². The van der Waals surface area contributed by atoms with Gasteiger partial charge in [0.2, 0.25) is 5.91 Å². The Morgan fingerprint density at radius 2 is 2.18 bits per heavy atom. The molecule has 0 fully saturated rings. The number of aromatic amines is 1. The Morgan fingerprint density at radius 1 is 1.36 bits per heavy atom. The molecule has 4 rings (SSSR count). The van der Waals surface area contributed by atoms with Crippen LogP contribution in [-0.4, -0.2) is 37.6 Å². The van der Waals surface area contributed by atoms with Crippen LogP contribution in [0.15, 0.2) is 34.7 Å². The minimum atomic E-state index is -0.204. The number of rotatable bonds is 5. The second-order valence-corrected chi connectivity index (χ2v) is 8.85. The highest BCUT2D eigenvalue weighted by atomic mass is 32.1. The number of nitrogens with one attached hydrogen (secondary N) is 1. The van der Waals surface area contributed by atoms with Gasteiger partial charge in [-0.2, -0.15) is 5.10 Å². The summed E-state index contributed by atoms with van der Waals surface area (Å²) in [5.74, 6) is 0.272. The Kier molecular flexibility index (Phi) is 4.86. The number of hydrogen-bond donors (Lipinski definition) is 1. The molecule has 0 saturated carbocycles. The summed E-state index contributed by atoms with van der Waals surface area (Å²) in [5.41, 5.74) is 1.65. The van der Waals surface area contributed by atoms with Gasteiger partial charge < -0.3 is 9.88 Å². The molecule has 1 amide bonds. The number of amides is 1. The van der Waals surface area contributed by atoms with Gasteiger partial charge in [-0.1, -0.05) is 0 Å². The predicted octanol–water partition coefficient (Wildman–Crippen LogP) is 2.96. The van der Waals surface area contributed by atoms with E-state index in [2.05, 4.69) is 15.1 Å². The lowest BCUT2D eigenvalue weighted by Crippen LogP contribution is -2.29. The highest BCUT2D eigenvalue weighted by molar-refractivity contribution is 7.19. The quantitative estimate of drug-likeness (QED) is 0.545. The van der Waals surface area contributed by atoms with E-state index in [-0.39, 0.29) is 17.9 Å². The van der Waals surface area contributed by atoms with Gasteiger partial charge in [0.05, 0.1) is 18.0 Å². The fourth-order valence-electron chi connectivity index (χ4n) is 3.03. The SMILES string of the molecule is Cc1ccc(-c2csc3nc(CC(=O)N(C)Cc4cnn(C)c4)[nH]c(=O)c23)s1. The lowest BCUT2D eigenvalue weighted by molar-refractivity contribution is -0.129. The molecule has 0 saturated heterocycles. The van der Waals surface area contributed by atoms with Crippen molar-refractivity contribution in [1.82, 2.24) is 24.6 Å². The molecular formula is C19H19N5O2S2. The van der Waals surface area contributed by atoms with Crippen LogP contribution in [0.2, 0.25) is 0 Å². The number of fused-ring (bicyclic) bond motifs is 1. The Labute approximate surface area is 169 Å². The second kappa shape index (κ2) is 7.33. The number of likely N-dealkylation sites (N-methyl/N-ethyl adjacent to an activating group) is 1. The topological polar surface area (TPSA) is 83.9 Å². The van der Waals surface area contributed by atoms with E-state index in [0.717, 1.165) is 16.0 Å². The summed E-state index contributed by atoms with van der Waals surface area (Å²) in [6.07, 6.45) is 3.65. The zero-order valence-electron chi connectivity index (χ0n) is 15.7. The van der Waals surface area contributed by atoms with Crippen LogP contribution in [0.1, 0.15) is 16.3 Å². The van der Waals surface area contributed by atoms with Crippen LogP contribution in [0, 0.1) is 6.92 Å². The van der Waals surface area contributed by atoms with Crippen molar-refractivity contribution in [2.45, 2.75) is 19.9 Å². The average Bonchev–Trinajstić information content (AvgIpc) is 3.35. The molecule has 0 aliphatic rings. The third-order valence-corrected chi connectivity index (χ3v) is 6.33. The number of carbonyl (C=O) groups is 1. The fraction of sp³-hybridized carbons (Fsp3) is 0.263. The first-order valence-electron chi connectivity index (χ1n) is 8.69. The van der Waals surface area contributed by atoms with Crippen LogP contribution in [0.5, 0.6) is 0 Å². The number of thiophene rings is 2. The molecule has 0 aromatic carbocycles. The second-order valence-electron chi connectivity index (χ2n) is 6.70. The monoisotopic (exact) mass is 413 g/mol. The van der Waals surface area contributed by atoms with Gasteiger partial charge in [-0.05, 0) is 19.1 Å². The van der Waals surface area contributed by atoms with Crippen molar-refractivity contribution in [2.24, 2.45) is 7.05 Å². The molecule has 0 unspecified atom stereocenters. The third kappa shape index (κ3) is 3.63. The van der Waals surface area contributed by atoms with Crippen molar-refractivity contribution in [2.75, 3.05) is 7.05 Å². The van der Waals surface area contributed by atoms with Gasteiger partial charge in [-0.15, -0.1) is 22.7 Å². The van der Waals surface area contributed by atoms with Gasteiger partial charge in [0.1, 0.15) is 10.7 Å². The Bertz CT molecular complexity index is 1220. The third-order valence-electron chi connectivity index (χ3n) is 4.42. The van der Waals surface area contributed by atoms with Crippen LogP contribution < -0.4 is 5.56 Å². The van der Waals surface area contributed by atoms with Crippen LogP contribution in [0.3, 0.4) is 0 Å². The summed E-state index contributed by atoms with van der Waals surface area (Å²) in [7, 11) is 3.57. The van der Waals surface area contributed by atoms with E-state index in [1.54, 1.807) is 34.2 Å². The number of carbonyl (C=O) groups excluding carboxylic acids is 1. The normalized spacial score (nSPS) is 11.2. The molecule has 4 heterocycles. The maximum atomic E-state index is 12.7. The number of H-pyrrole nitrogens is 1. The number of aromatic nitrogens is 4. The molecule has 7 nitrogen and oxygen atoms in total. The summed E-state index contributed by atoms with van der Waals surface area (Å²) in [6.45, 7) is 2.50. The number of hydrogen-bond acceptors (Lipinski definition) is 6. The molecule has 144 valence electrons. The summed E-state index contributed by atoms with van der Waals surface area (Å²) in [6, 6.07) is 4.06. The minimum absolute atomic E-state index is 0.0489. The van der Waals surface area contributed by atoms with Gasteiger partial charge in [0.15, 0.2) is 0 Å². The lowest BCUT2D eigenvalue weighted by Gasteiger charge is -2.15. The molecule has 1 N–H and O–H groups in total. The highest BCUT2D eigenvalue weighted by Gasteiger charge is 2.17. The molecule has 0 radical (unpaired) electrons. The van der Waals surface area contributed by atoms with Gasteiger partial charge in [0.25, 0.3) is 5.56 Å². The first-order valence-corrected chi connectivity index (χ1v) is 10.4. The predicted molar refractivity (Wildman–Crippen MR) is 112 cm³/mol. The van der Waals surface area contributed by atoms with E-state index < -0.39 is 0 Å². The minimum Gasteiger partial charge on any atom is -0.341 e. The number of aryl methyl sites for hydroxylation is 2. The maximum Gasteiger partial charge on any atom is 0.260 e. The van der Waals surface area contributed by atoms with E-state index in [1.165, 1.54) is 16.2 Å². The molecule has 4 aromatic heterocycles. The summed E-state index contributed by atoms with van der Waals surface area (Å²) in [5, 5.41) is 6.65. The molecule has 4 aromatic rings. The maximum absolute atomic E-state index is 12.7. The van der Waals surface area contributed by atoms with E-state index >= 15 is 0 Å². The van der Waals surface area contributed by atoms with Gasteiger partial charge in [-0.25, -0.2) is 4.98 Å². The van der Waals surface area contributed by atoms with Crippen molar-refractivity contribution in [3.63, 3.8) is 0 Å². The first-order chi connectivity index (χ1) is 13.4. The first kappa shape index (κ1) is 18.6. The molecule has 0 atom stereocenters. The van der Waals surface area contributed by atoms with Crippen LogP contribution >= 0.6 is 22.7 Å². The highest BCUT2D eigenvalue weighted by Crippen LogP contribution is 2.34. The Hall–Kier alpha value is -2.78. The molecule has 0 bridgehead atoms. The molecule has 0 aliphatic heterocycles. The van der Waals surface area contributed by atoms with E-state index in [4.69, 9.17) is 0 Å². The molecule has 0 aliphatic carbocycles. The van der Waals surface area contributed by atoms with Crippen molar-refractivity contribution in [3.05, 3.63) is 56.5 Å². The number of nitrogens with zero attached hydrogens (tertiary/aromatic N) is 4. The van der Waals surface area contributed by atoms with E-state index in [0.29, 0.717) is 22.6 Å². The van der Waals surface area contributed by atoms with Crippen molar-refractivity contribution in [3.8, 4) is 10.4 Å². The smallest absolute Gasteiger partial charge is 0.260 e. The summed E-state index contributed by atoms with van der Waals surface area (Å²) >= 11 is 3.08. The van der Waals surface area contributed by atoms with Crippen LogP contribution in [0.4, 0.5) is 0 Å². The standard InChI is InChI=1S/C19H19N5O2S2/c1-11-4-5-14(28-11)13-10-27-19-17(13)18(26)21-15(22-19)6-16(25)23(2)8-12-7-20-24(3)9-12/h4-5,7,9-10H,6,8H2,1-3H3,(H,21,22,26). The van der Waals surface area contributed by atoms with Crippen LogP contribution in [-0.2, 0) is 24.8 Å². The van der Waals surface area contributed by atoms with E-state index in [9.17, 15) is 9.59 Å². The van der Waals surface area contributed by atoms with Crippen LogP contribution in [0.25, 0.3) is 20.7 Å². The van der Waals surface area contributed by atoms with Gasteiger partial charge in [-0.3, -0.25) is 14.3 Å². The zero-order chi connectivity index (χ0) is 19.8. The lowest BCUT2D eigenvalue weighted by atomic mass is 10.2.